The van der Waals surface area contributed by atoms with Crippen molar-refractivity contribution in [1.82, 2.24) is 0 Å². The summed E-state index contributed by atoms with van der Waals surface area (Å²) in [6.07, 6.45) is 0. The van der Waals surface area contributed by atoms with Gasteiger partial charge in [-0.2, -0.15) is 12.6 Å². The van der Waals surface area contributed by atoms with Gasteiger partial charge in [0.2, 0.25) is 0 Å². The molecule has 8 heavy (non-hydrogen) atoms. The molecule has 0 fully saturated rings. The summed E-state index contributed by atoms with van der Waals surface area (Å²) in [5, 5.41) is 0. The van der Waals surface area contributed by atoms with E-state index in [0.29, 0.717) is 0 Å². The topological polar surface area (TPSA) is 0 Å². The first-order valence-electron chi connectivity index (χ1n) is 0.885. The van der Waals surface area contributed by atoms with Crippen molar-refractivity contribution in [1.29, 1.82) is 0 Å². The van der Waals surface area contributed by atoms with Gasteiger partial charge in [0, 0.05) is 0 Å². The van der Waals surface area contributed by atoms with Crippen LogP contribution < -0.4 is 0 Å². The fraction of sp³-hybridized carbons (Fsp3) is 0. The Morgan fingerprint density at radius 3 is 1.12 bits per heavy atom. The molecule has 0 N–H and O–H groups in total. The summed E-state index contributed by atoms with van der Waals surface area (Å²) in [5.74, 6) is 0. The molecule has 0 aliphatic carbocycles. The van der Waals surface area contributed by atoms with E-state index >= 15 is 0 Å². The molecule has 0 nitrogen and oxygen atoms in total. The third kappa shape index (κ3) is 107. The molecule has 0 heterocycles. The van der Waals surface area contributed by atoms with Crippen molar-refractivity contribution in [3.05, 3.63) is 0 Å². The van der Waals surface area contributed by atoms with Crippen LogP contribution in [0.3, 0.4) is 0 Å². The van der Waals surface area contributed by atoms with Crippen LogP contribution in [0.2, 0.25) is 0 Å². The van der Waals surface area contributed by atoms with Gasteiger partial charge in [0.1, 0.15) is 0 Å². The van der Waals surface area contributed by atoms with E-state index in [9.17, 15) is 12.6 Å². The summed E-state index contributed by atoms with van der Waals surface area (Å²) in [6.45, 7) is 0. The second-order valence-corrected chi connectivity index (χ2v) is 2.50. The van der Waals surface area contributed by atoms with Gasteiger partial charge in [-0.05, 0) is 0 Å². The largest absolute Gasteiger partial charge is 3.00 e. The van der Waals surface area contributed by atoms with Gasteiger partial charge in [0.15, 0.2) is 0 Å². The fourth-order valence-electron chi connectivity index (χ4n) is 0. The maximum Gasteiger partial charge on any atom is 3.00 e. The molecular weight excluding hydrogens is 291 g/mol. The van der Waals surface area contributed by atoms with E-state index in [4.69, 9.17) is 22.5 Å². The van der Waals surface area contributed by atoms with Gasteiger partial charge < -0.3 is 0 Å². The Bertz CT molecular complexity index is 26.5. The fourth-order valence-corrected chi connectivity index (χ4v) is 0. The Balaban J connectivity index is -0.0000000575. The standard InChI is InChI=1S/Cl2HP.F3P.Ru/c1-3-2;1-4(2)3;/h3H;;/q;;+3. The first-order chi connectivity index (χ1) is 3.15. The summed E-state index contributed by atoms with van der Waals surface area (Å²) in [6, 6.07) is 0. The molecule has 0 unspecified atom stereocenters. The molecule has 0 aromatic carbocycles. The normalized spacial score (nSPS) is 6.75. The summed E-state index contributed by atoms with van der Waals surface area (Å²) in [7, 11) is -4.09. The molecule has 0 saturated heterocycles. The van der Waals surface area contributed by atoms with Gasteiger partial charge in [-0.1, -0.05) is 22.5 Å². The Labute approximate surface area is 70.7 Å². The monoisotopic (exact) mass is 292 g/mol. The van der Waals surface area contributed by atoms with Gasteiger partial charge in [0.05, 0.1) is 7.29 Å². The van der Waals surface area contributed by atoms with Crippen LogP contribution in [0.15, 0.2) is 0 Å². The zero-order chi connectivity index (χ0) is 6.28. The molecule has 0 aliphatic rings. The van der Waals surface area contributed by atoms with Crippen LogP contribution in [-0.2, 0) is 19.5 Å². The van der Waals surface area contributed by atoms with E-state index in [1.54, 1.807) is 0 Å². The molecule has 0 spiro atoms. The van der Waals surface area contributed by atoms with Crippen LogP contribution in [0.1, 0.15) is 0 Å². The first kappa shape index (κ1) is 16.4. The number of halogens is 5. The first-order valence-corrected chi connectivity index (χ1v) is 4.92. The van der Waals surface area contributed by atoms with Gasteiger partial charge in [-0.25, -0.2) is 0 Å². The minimum absolute atomic E-state index is 0. The van der Waals surface area contributed by atoms with Crippen LogP contribution >= 0.6 is 38.6 Å². The van der Waals surface area contributed by atoms with Gasteiger partial charge in [0.25, 0.3) is 0 Å². The Hall–Kier alpha value is 1.85. The molecule has 0 rings (SSSR count). The molecule has 8 heteroatoms. The number of hydrogen-bond donors (Lipinski definition) is 0. The van der Waals surface area contributed by atoms with E-state index in [-0.39, 0.29) is 26.8 Å². The van der Waals surface area contributed by atoms with Crippen LogP contribution in [0.25, 0.3) is 0 Å². The van der Waals surface area contributed by atoms with Crippen LogP contribution in [-0.4, -0.2) is 0 Å². The van der Waals surface area contributed by atoms with Crippen molar-refractivity contribution in [2.24, 2.45) is 0 Å². The second kappa shape index (κ2) is 15.9. The molecule has 0 aromatic heterocycles. The van der Waals surface area contributed by atoms with Crippen molar-refractivity contribution in [3.8, 4) is 0 Å². The molecule has 1 radical (unpaired) electrons. The third-order valence-electron chi connectivity index (χ3n) is 0. The van der Waals surface area contributed by atoms with Crippen LogP contribution in [0.4, 0.5) is 12.6 Å². The van der Waals surface area contributed by atoms with E-state index in [0.717, 1.165) is 0 Å². The smallest absolute Gasteiger partial charge is 0.152 e. The van der Waals surface area contributed by atoms with E-state index < -0.39 is 8.85 Å². The Morgan fingerprint density at radius 1 is 1.12 bits per heavy atom. The van der Waals surface area contributed by atoms with Crippen LogP contribution in [0.5, 0.6) is 0 Å². The van der Waals surface area contributed by atoms with Crippen LogP contribution in [0, 0.1) is 0 Å². The van der Waals surface area contributed by atoms with Crippen molar-refractivity contribution in [2.45, 2.75) is 0 Å². The minimum Gasteiger partial charge on any atom is -0.152 e. The van der Waals surface area contributed by atoms with Crippen molar-refractivity contribution in [3.63, 3.8) is 0 Å². The Morgan fingerprint density at radius 2 is 1.12 bits per heavy atom. The van der Waals surface area contributed by atoms with E-state index in [1.807, 2.05) is 0 Å². The molecule has 0 aromatic rings. The average Bonchev–Trinajstić information content (AvgIpc) is 1.33. The van der Waals surface area contributed by atoms with E-state index in [2.05, 4.69) is 0 Å². The minimum atomic E-state index is -4.12. The molecule has 0 atom stereocenters. The quantitative estimate of drug-likeness (QED) is 0.466. The Kier molecular flexibility index (Phi) is 32.8. The summed E-state index contributed by atoms with van der Waals surface area (Å²) < 4.78 is 29.2. The van der Waals surface area contributed by atoms with E-state index in [1.165, 1.54) is 0 Å². The van der Waals surface area contributed by atoms with Gasteiger partial charge in [-0.15, -0.1) is 0 Å². The summed E-state index contributed by atoms with van der Waals surface area (Å²) in [5.41, 5.74) is 0. The zero-order valence-corrected chi connectivity index (χ0v) is 8.33. The SMILES string of the molecule is ClPCl.FP(F)F.[Ru+3]. The van der Waals surface area contributed by atoms with Gasteiger partial charge >= 0.3 is 28.3 Å². The molecule has 0 bridgehead atoms. The van der Waals surface area contributed by atoms with Crippen molar-refractivity contribution >= 4 is 38.6 Å². The third-order valence-corrected chi connectivity index (χ3v) is 0. The summed E-state index contributed by atoms with van der Waals surface area (Å²) >= 11 is 9.58. The average molecular weight is 292 g/mol. The molecule has 0 saturated carbocycles. The van der Waals surface area contributed by atoms with Crippen molar-refractivity contribution in [2.75, 3.05) is 0 Å². The maximum absolute atomic E-state index is 9.73. The second-order valence-electron chi connectivity index (χ2n) is 0.263. The molecular formula is HCl2F3P2Ru+3. The summed E-state index contributed by atoms with van der Waals surface area (Å²) in [4.78, 5) is 0. The predicted octanol–water partition coefficient (Wildman–Crippen LogP) is 4.09. The molecule has 0 amide bonds. The number of hydrogen-bond acceptors (Lipinski definition) is 0. The van der Waals surface area contributed by atoms with Gasteiger partial charge in [-0.3, -0.25) is 0 Å². The molecule has 51 valence electrons. The number of rotatable bonds is 0. The predicted molar refractivity (Wildman–Crippen MR) is 30.3 cm³/mol. The maximum atomic E-state index is 9.73. The molecule has 0 aliphatic heterocycles. The van der Waals surface area contributed by atoms with Crippen molar-refractivity contribution < 1.29 is 32.1 Å². The zero-order valence-electron chi connectivity index (χ0n) is 3.19.